The highest BCUT2D eigenvalue weighted by atomic mass is 32.1. The molecule has 3 atom stereocenters. The number of hydrogen-bond acceptors (Lipinski definition) is 13. The summed E-state index contributed by atoms with van der Waals surface area (Å²) < 4.78 is 21.8. The van der Waals surface area contributed by atoms with Crippen LogP contribution in [0, 0.1) is 0 Å². The number of aromatic nitrogens is 1. The smallest absolute Gasteiger partial charge is 0.413 e. The second-order valence-corrected chi connectivity index (χ2v) is 15.0. The number of nitrogens with one attached hydrogen (secondary N) is 3. The van der Waals surface area contributed by atoms with E-state index in [0.717, 1.165) is 16.9 Å². The van der Waals surface area contributed by atoms with Crippen LogP contribution in [0.1, 0.15) is 66.6 Å². The molecule has 3 heterocycles. The van der Waals surface area contributed by atoms with Gasteiger partial charge in [0, 0.05) is 11.9 Å². The Bertz CT molecular complexity index is 1600. The van der Waals surface area contributed by atoms with E-state index < -0.39 is 65.0 Å². The van der Waals surface area contributed by atoms with Gasteiger partial charge in [0.15, 0.2) is 10.8 Å². The van der Waals surface area contributed by atoms with Gasteiger partial charge in [0.1, 0.15) is 29.0 Å². The van der Waals surface area contributed by atoms with Crippen molar-refractivity contribution >= 4 is 52.2 Å². The summed E-state index contributed by atoms with van der Waals surface area (Å²) in [6.07, 6.45) is -1.84. The van der Waals surface area contributed by atoms with E-state index in [2.05, 4.69) is 26.1 Å². The molecule has 2 fully saturated rings. The van der Waals surface area contributed by atoms with Crippen molar-refractivity contribution in [3.63, 3.8) is 0 Å². The number of cyclic esters (lactones) is 1. The summed E-state index contributed by atoms with van der Waals surface area (Å²) in [5.74, 6) is -2.09. The van der Waals surface area contributed by atoms with Crippen molar-refractivity contribution in [2.24, 2.45) is 5.16 Å². The van der Waals surface area contributed by atoms with Crippen molar-refractivity contribution in [3.05, 3.63) is 47.0 Å². The molecule has 2 aromatic rings. The molecule has 17 heteroatoms. The van der Waals surface area contributed by atoms with Crippen molar-refractivity contribution < 1.29 is 47.8 Å². The largest absolute Gasteiger partial charge is 0.457 e. The topological polar surface area (TPSA) is 196 Å². The van der Waals surface area contributed by atoms with Crippen LogP contribution in [0.15, 0.2) is 40.9 Å². The molecule has 50 heavy (non-hydrogen) atoms. The van der Waals surface area contributed by atoms with Crippen LogP contribution >= 0.6 is 11.3 Å². The number of nitrogens with zero attached hydrogens (tertiary/aromatic N) is 3. The number of oxime groups is 1. The van der Waals surface area contributed by atoms with Crippen LogP contribution in [0.2, 0.25) is 0 Å². The predicted molar refractivity (Wildman–Crippen MR) is 181 cm³/mol. The number of hydrogen-bond donors (Lipinski definition) is 3. The van der Waals surface area contributed by atoms with Gasteiger partial charge in [-0.05, 0) is 61.0 Å². The highest BCUT2D eigenvalue weighted by Crippen LogP contribution is 2.22. The number of carbonyl (C=O) groups is 5. The molecule has 2 saturated heterocycles. The first-order valence-electron chi connectivity index (χ1n) is 15.9. The van der Waals surface area contributed by atoms with Gasteiger partial charge in [-0.1, -0.05) is 35.5 Å². The van der Waals surface area contributed by atoms with Crippen molar-refractivity contribution in [3.8, 4) is 0 Å². The van der Waals surface area contributed by atoms with E-state index in [1.54, 1.807) is 41.5 Å². The quantitative estimate of drug-likeness (QED) is 0.0904. The third kappa shape index (κ3) is 10.9. The maximum absolute atomic E-state index is 13.7. The SMILES string of the molecule is CC(C)(C)OC(=O)Nc1nc(C(=NOC(C)(C)C(=O)OC(C)(C)C)C(=O)N[C@@H]2C(=O)N[C@@H]2CN2C[C@H](COCc3ccccc3)OC2=O)cs1. The fourth-order valence-electron chi connectivity index (χ4n) is 4.53. The Labute approximate surface area is 294 Å². The molecule has 0 saturated carbocycles. The van der Waals surface area contributed by atoms with E-state index in [1.807, 2.05) is 30.3 Å². The number of esters is 1. The van der Waals surface area contributed by atoms with Gasteiger partial charge < -0.3 is 39.3 Å². The average Bonchev–Trinajstić information content (AvgIpc) is 3.60. The minimum absolute atomic E-state index is 0.0173. The molecular weight excluding hydrogens is 672 g/mol. The summed E-state index contributed by atoms with van der Waals surface area (Å²) in [5, 5.41) is 13.3. The molecule has 1 aromatic carbocycles. The lowest BCUT2D eigenvalue weighted by molar-refractivity contribution is -0.179. The lowest BCUT2D eigenvalue weighted by atomic mass is 9.98. The minimum atomic E-state index is -1.62. The maximum atomic E-state index is 13.7. The van der Waals surface area contributed by atoms with E-state index in [4.69, 9.17) is 23.8 Å². The molecule has 4 amide bonds. The second-order valence-electron chi connectivity index (χ2n) is 14.2. The Kier molecular flexibility index (Phi) is 11.7. The van der Waals surface area contributed by atoms with Crippen molar-refractivity contribution in [2.45, 2.75) is 97.0 Å². The summed E-state index contributed by atoms with van der Waals surface area (Å²) in [6, 6.07) is 7.88. The van der Waals surface area contributed by atoms with Gasteiger partial charge in [-0.25, -0.2) is 19.4 Å². The highest BCUT2D eigenvalue weighted by Gasteiger charge is 2.45. The van der Waals surface area contributed by atoms with Gasteiger partial charge >= 0.3 is 18.2 Å². The van der Waals surface area contributed by atoms with E-state index in [-0.39, 0.29) is 36.2 Å². The fourth-order valence-corrected chi connectivity index (χ4v) is 5.21. The molecule has 272 valence electrons. The van der Waals surface area contributed by atoms with Gasteiger partial charge in [-0.2, -0.15) is 0 Å². The number of rotatable bonds is 13. The number of thiazole rings is 1. The van der Waals surface area contributed by atoms with Crippen LogP contribution < -0.4 is 16.0 Å². The van der Waals surface area contributed by atoms with Crippen LogP contribution in [0.4, 0.5) is 14.7 Å². The zero-order valence-electron chi connectivity index (χ0n) is 29.4. The summed E-state index contributed by atoms with van der Waals surface area (Å²) in [5.41, 5.74) is -2.62. The van der Waals surface area contributed by atoms with E-state index in [1.165, 1.54) is 24.1 Å². The van der Waals surface area contributed by atoms with Crippen LogP contribution in [0.25, 0.3) is 0 Å². The van der Waals surface area contributed by atoms with Crippen LogP contribution in [0.5, 0.6) is 0 Å². The average molecular weight is 717 g/mol. The molecule has 2 aliphatic heterocycles. The number of amides is 4. The van der Waals surface area contributed by atoms with E-state index in [9.17, 15) is 24.0 Å². The summed E-state index contributed by atoms with van der Waals surface area (Å²) in [7, 11) is 0. The molecule has 16 nitrogen and oxygen atoms in total. The van der Waals surface area contributed by atoms with Crippen LogP contribution in [-0.2, 0) is 44.8 Å². The predicted octanol–water partition coefficient (Wildman–Crippen LogP) is 3.35. The molecule has 0 aliphatic carbocycles. The standard InChI is InChI=1S/C33H44N6O10S/c1-31(2,3)47-27(42)33(7,8)49-38-24(22-18-50-28(35-22)37-29(43)48-32(4,5)6)26(41)36-23-21(34-25(23)40)15-39-14-20(46-30(39)44)17-45-16-19-12-10-9-11-13-19/h9-13,18,20-21,23H,14-17H2,1-8H3,(H,34,40)(H,36,41)(H,35,37,43)/t20-,21-,23+/m1/s1. The van der Waals surface area contributed by atoms with Gasteiger partial charge in [0.2, 0.25) is 11.5 Å². The lowest BCUT2D eigenvalue weighted by Gasteiger charge is -2.38. The van der Waals surface area contributed by atoms with Gasteiger partial charge in [-0.3, -0.25) is 14.9 Å². The molecule has 0 unspecified atom stereocenters. The zero-order valence-corrected chi connectivity index (χ0v) is 30.2. The minimum Gasteiger partial charge on any atom is -0.457 e. The Morgan fingerprint density at radius 3 is 2.36 bits per heavy atom. The molecule has 0 bridgehead atoms. The number of β-lactam (4-membered cyclic amide) rings is 1. The Morgan fingerprint density at radius 1 is 1.04 bits per heavy atom. The summed E-state index contributed by atoms with van der Waals surface area (Å²) in [6.45, 7) is 13.9. The Hall–Kier alpha value is -4.77. The lowest BCUT2D eigenvalue weighted by Crippen LogP contribution is -2.72. The van der Waals surface area contributed by atoms with E-state index >= 15 is 0 Å². The molecule has 4 rings (SSSR count). The normalized spacial score (nSPS) is 19.6. The van der Waals surface area contributed by atoms with Crippen LogP contribution in [0.3, 0.4) is 0 Å². The first-order chi connectivity index (χ1) is 23.3. The summed E-state index contributed by atoms with van der Waals surface area (Å²) in [4.78, 5) is 75.2. The first kappa shape index (κ1) is 38.0. The van der Waals surface area contributed by atoms with Gasteiger partial charge in [0.25, 0.3) is 5.91 Å². The molecule has 0 radical (unpaired) electrons. The number of benzene rings is 1. The Balaban J connectivity index is 1.44. The molecule has 2 aliphatic rings. The van der Waals surface area contributed by atoms with Gasteiger partial charge in [-0.15, -0.1) is 11.3 Å². The van der Waals surface area contributed by atoms with Crippen molar-refractivity contribution in [1.82, 2.24) is 20.5 Å². The molecule has 1 aromatic heterocycles. The van der Waals surface area contributed by atoms with Crippen LogP contribution in [-0.4, -0.2) is 100 Å². The first-order valence-corrected chi connectivity index (χ1v) is 16.8. The van der Waals surface area contributed by atoms with Crippen molar-refractivity contribution in [2.75, 3.05) is 25.0 Å². The maximum Gasteiger partial charge on any atom is 0.413 e. The number of anilines is 1. The Morgan fingerprint density at radius 2 is 1.72 bits per heavy atom. The monoisotopic (exact) mass is 716 g/mol. The zero-order chi connectivity index (χ0) is 36.9. The van der Waals surface area contributed by atoms with Crippen molar-refractivity contribution in [1.29, 1.82) is 0 Å². The molecular formula is C33H44N6O10S. The molecule has 3 N–H and O–H groups in total. The number of ether oxygens (including phenoxy) is 4. The molecule has 0 spiro atoms. The third-order valence-corrected chi connectivity index (χ3v) is 7.66. The highest BCUT2D eigenvalue weighted by molar-refractivity contribution is 7.14. The van der Waals surface area contributed by atoms with Gasteiger partial charge in [0.05, 0.1) is 25.8 Å². The second kappa shape index (κ2) is 15.4. The third-order valence-electron chi connectivity index (χ3n) is 6.91. The number of carbonyl (C=O) groups excluding carboxylic acids is 5. The summed E-state index contributed by atoms with van der Waals surface area (Å²) >= 11 is 0.984. The fraction of sp³-hybridized carbons (Fsp3) is 0.545. The van der Waals surface area contributed by atoms with E-state index in [0.29, 0.717) is 6.61 Å².